The molecule has 3 heterocycles. The summed E-state index contributed by atoms with van der Waals surface area (Å²) in [6.07, 6.45) is 5.21. The SMILES string of the molecule is CC(C)CC(C(=O)NCCN1CCCC1)N1C(=O)c2ccccc2C1c1cn(C)c2ccccc12. The Morgan fingerprint density at radius 1 is 1.03 bits per heavy atom. The van der Waals surface area contributed by atoms with E-state index in [1.807, 2.05) is 48.3 Å². The lowest BCUT2D eigenvalue weighted by Crippen LogP contribution is -2.50. The van der Waals surface area contributed by atoms with E-state index in [1.54, 1.807) is 0 Å². The molecule has 1 fully saturated rings. The van der Waals surface area contributed by atoms with Gasteiger partial charge >= 0.3 is 0 Å². The van der Waals surface area contributed by atoms with Crippen LogP contribution in [0.2, 0.25) is 0 Å². The van der Waals surface area contributed by atoms with E-state index in [9.17, 15) is 9.59 Å². The number of hydrogen-bond donors (Lipinski definition) is 1. The van der Waals surface area contributed by atoms with Gasteiger partial charge in [0.05, 0.1) is 6.04 Å². The Balaban J connectivity index is 1.52. The van der Waals surface area contributed by atoms with E-state index in [4.69, 9.17) is 0 Å². The van der Waals surface area contributed by atoms with Gasteiger partial charge in [0.25, 0.3) is 5.91 Å². The number of benzene rings is 2. The van der Waals surface area contributed by atoms with E-state index in [1.165, 1.54) is 12.8 Å². The number of nitrogens with one attached hydrogen (secondary N) is 1. The van der Waals surface area contributed by atoms with Crippen LogP contribution < -0.4 is 5.32 Å². The average molecular weight is 473 g/mol. The van der Waals surface area contributed by atoms with Gasteiger partial charge in [-0.25, -0.2) is 0 Å². The average Bonchev–Trinajstić information content (AvgIpc) is 3.55. The molecule has 1 aromatic heterocycles. The molecule has 0 bridgehead atoms. The second kappa shape index (κ2) is 9.86. The lowest BCUT2D eigenvalue weighted by atomic mass is 9.95. The summed E-state index contributed by atoms with van der Waals surface area (Å²) >= 11 is 0. The van der Waals surface area contributed by atoms with Crippen molar-refractivity contribution in [1.82, 2.24) is 19.7 Å². The van der Waals surface area contributed by atoms with Gasteiger partial charge in [0.1, 0.15) is 6.04 Å². The Morgan fingerprint density at radius 2 is 1.74 bits per heavy atom. The molecule has 2 atom stereocenters. The molecule has 2 aliphatic rings. The summed E-state index contributed by atoms with van der Waals surface area (Å²) in [5, 5.41) is 4.29. The van der Waals surface area contributed by atoms with Crippen LogP contribution in [0.15, 0.2) is 54.7 Å². The number of carbonyl (C=O) groups excluding carboxylic acids is 2. The zero-order valence-corrected chi connectivity index (χ0v) is 21.0. The molecule has 2 aliphatic heterocycles. The molecule has 1 N–H and O–H groups in total. The first-order chi connectivity index (χ1) is 17.0. The monoisotopic (exact) mass is 472 g/mol. The zero-order chi connectivity index (χ0) is 24.5. The molecule has 2 aromatic carbocycles. The van der Waals surface area contributed by atoms with Crippen LogP contribution in [0.3, 0.4) is 0 Å². The summed E-state index contributed by atoms with van der Waals surface area (Å²) in [6.45, 7) is 7.92. The van der Waals surface area contributed by atoms with Gasteiger partial charge in [-0.1, -0.05) is 50.2 Å². The molecule has 2 amide bonds. The molecule has 6 nitrogen and oxygen atoms in total. The number of likely N-dealkylation sites (tertiary alicyclic amines) is 1. The van der Waals surface area contributed by atoms with Crippen molar-refractivity contribution in [2.75, 3.05) is 26.2 Å². The van der Waals surface area contributed by atoms with Crippen molar-refractivity contribution in [2.24, 2.45) is 13.0 Å². The molecule has 0 radical (unpaired) electrons. The van der Waals surface area contributed by atoms with Gasteiger partial charge in [-0.15, -0.1) is 0 Å². The fraction of sp³-hybridized carbons (Fsp3) is 0.448. The van der Waals surface area contributed by atoms with Crippen molar-refractivity contribution in [3.8, 4) is 0 Å². The summed E-state index contributed by atoms with van der Waals surface area (Å²) in [5.74, 6) is 0.164. The van der Waals surface area contributed by atoms with E-state index >= 15 is 0 Å². The Kier molecular flexibility index (Phi) is 6.65. The number of carbonyl (C=O) groups is 2. The third-order valence-electron chi connectivity index (χ3n) is 7.48. The highest BCUT2D eigenvalue weighted by atomic mass is 16.2. The molecular formula is C29H36N4O2. The summed E-state index contributed by atoms with van der Waals surface area (Å²) in [4.78, 5) is 31.8. The summed E-state index contributed by atoms with van der Waals surface area (Å²) in [6, 6.07) is 15.3. The molecule has 35 heavy (non-hydrogen) atoms. The minimum atomic E-state index is -0.530. The first-order valence-corrected chi connectivity index (χ1v) is 12.9. The second-order valence-corrected chi connectivity index (χ2v) is 10.4. The minimum Gasteiger partial charge on any atom is -0.353 e. The first-order valence-electron chi connectivity index (χ1n) is 12.9. The predicted octanol–water partition coefficient (Wildman–Crippen LogP) is 4.35. The van der Waals surface area contributed by atoms with E-state index in [0.29, 0.717) is 18.5 Å². The van der Waals surface area contributed by atoms with Crippen LogP contribution >= 0.6 is 0 Å². The topological polar surface area (TPSA) is 57.6 Å². The first kappa shape index (κ1) is 23.6. The van der Waals surface area contributed by atoms with Gasteiger partial charge in [-0.3, -0.25) is 9.59 Å². The van der Waals surface area contributed by atoms with E-state index in [2.05, 4.69) is 47.0 Å². The van der Waals surface area contributed by atoms with Crippen molar-refractivity contribution >= 4 is 22.7 Å². The van der Waals surface area contributed by atoms with Crippen LogP contribution in [0, 0.1) is 5.92 Å². The molecular weight excluding hydrogens is 436 g/mol. The third-order valence-corrected chi connectivity index (χ3v) is 7.48. The van der Waals surface area contributed by atoms with Gasteiger partial charge < -0.3 is 19.7 Å². The minimum absolute atomic E-state index is 0.0516. The van der Waals surface area contributed by atoms with Gasteiger partial charge in [0.15, 0.2) is 0 Å². The predicted molar refractivity (Wildman–Crippen MR) is 139 cm³/mol. The number of aromatic nitrogens is 1. The van der Waals surface area contributed by atoms with E-state index < -0.39 is 6.04 Å². The van der Waals surface area contributed by atoms with Crippen LogP contribution in [0.1, 0.15) is 60.6 Å². The molecule has 184 valence electrons. The largest absolute Gasteiger partial charge is 0.353 e. The number of fused-ring (bicyclic) bond motifs is 2. The maximum absolute atomic E-state index is 13.9. The number of para-hydroxylation sites is 1. The van der Waals surface area contributed by atoms with Crippen molar-refractivity contribution in [3.05, 3.63) is 71.4 Å². The van der Waals surface area contributed by atoms with Crippen molar-refractivity contribution in [1.29, 1.82) is 0 Å². The highest BCUT2D eigenvalue weighted by Gasteiger charge is 2.44. The molecule has 2 unspecified atom stereocenters. The molecule has 0 saturated carbocycles. The number of nitrogens with zero attached hydrogens (tertiary/aromatic N) is 3. The molecule has 0 spiro atoms. The summed E-state index contributed by atoms with van der Waals surface area (Å²) in [7, 11) is 2.04. The Labute approximate surface area is 207 Å². The van der Waals surface area contributed by atoms with Gasteiger partial charge in [-0.2, -0.15) is 0 Å². The third kappa shape index (κ3) is 4.47. The van der Waals surface area contributed by atoms with Crippen LogP contribution in [0.5, 0.6) is 0 Å². The van der Waals surface area contributed by atoms with E-state index in [-0.39, 0.29) is 23.8 Å². The van der Waals surface area contributed by atoms with Crippen LogP contribution in [0.25, 0.3) is 10.9 Å². The standard InChI is InChI=1S/C29H36N4O2/c1-20(2)18-26(28(34)30-14-17-32-15-8-9-16-32)33-27(22-11-4-5-12-23(22)29(33)35)24-19-31(3)25-13-7-6-10-21(24)25/h4-7,10-13,19-20,26-27H,8-9,14-18H2,1-3H3,(H,30,34). The van der Waals surface area contributed by atoms with Crippen molar-refractivity contribution in [2.45, 2.75) is 45.2 Å². The van der Waals surface area contributed by atoms with Crippen LogP contribution in [0.4, 0.5) is 0 Å². The molecule has 0 aliphatic carbocycles. The fourth-order valence-electron chi connectivity index (χ4n) is 5.82. The Hall–Kier alpha value is -3.12. The van der Waals surface area contributed by atoms with Gasteiger partial charge in [-0.05, 0) is 56.0 Å². The fourth-order valence-corrected chi connectivity index (χ4v) is 5.82. The quantitative estimate of drug-likeness (QED) is 0.530. The van der Waals surface area contributed by atoms with Crippen molar-refractivity contribution in [3.63, 3.8) is 0 Å². The number of hydrogen-bond acceptors (Lipinski definition) is 3. The van der Waals surface area contributed by atoms with Gasteiger partial charge in [0, 0.05) is 48.4 Å². The Morgan fingerprint density at radius 3 is 2.51 bits per heavy atom. The lowest BCUT2D eigenvalue weighted by Gasteiger charge is -2.34. The summed E-state index contributed by atoms with van der Waals surface area (Å²) < 4.78 is 2.11. The van der Waals surface area contributed by atoms with Crippen LogP contribution in [-0.2, 0) is 11.8 Å². The number of amides is 2. The number of rotatable bonds is 8. The zero-order valence-electron chi connectivity index (χ0n) is 21.0. The molecule has 5 rings (SSSR count). The second-order valence-electron chi connectivity index (χ2n) is 10.4. The molecule has 1 saturated heterocycles. The molecule has 3 aromatic rings. The smallest absolute Gasteiger partial charge is 0.255 e. The lowest BCUT2D eigenvalue weighted by molar-refractivity contribution is -0.126. The van der Waals surface area contributed by atoms with E-state index in [0.717, 1.165) is 41.7 Å². The number of aryl methyl sites for hydroxylation is 1. The molecule has 6 heteroatoms. The van der Waals surface area contributed by atoms with Crippen molar-refractivity contribution < 1.29 is 9.59 Å². The van der Waals surface area contributed by atoms with Gasteiger partial charge in [0.2, 0.25) is 5.91 Å². The van der Waals surface area contributed by atoms with Crippen LogP contribution in [-0.4, -0.2) is 58.4 Å². The highest BCUT2D eigenvalue weighted by molar-refractivity contribution is 6.03. The highest BCUT2D eigenvalue weighted by Crippen LogP contribution is 2.43. The summed E-state index contributed by atoms with van der Waals surface area (Å²) in [5.41, 5.74) is 3.87. The Bertz CT molecular complexity index is 1220. The normalized spacial score (nSPS) is 19.0. The maximum atomic E-state index is 13.9. The maximum Gasteiger partial charge on any atom is 0.255 e.